The van der Waals surface area contributed by atoms with Crippen LogP contribution in [0.4, 0.5) is 11.4 Å². The van der Waals surface area contributed by atoms with Gasteiger partial charge in [0.2, 0.25) is 0 Å². The first-order valence-electron chi connectivity index (χ1n) is 8.02. The highest BCUT2D eigenvalue weighted by Crippen LogP contribution is 2.38. The second kappa shape index (κ2) is 7.39. The van der Waals surface area contributed by atoms with E-state index in [0.717, 1.165) is 12.0 Å². The largest absolute Gasteiger partial charge is 0.270 e. The molecule has 0 radical (unpaired) electrons. The third-order valence-electron chi connectivity index (χ3n) is 4.11. The molecule has 26 heavy (non-hydrogen) atoms. The highest BCUT2D eigenvalue weighted by molar-refractivity contribution is 8.27. The number of nitro benzene ring substituents is 1. The number of thiocarbonyl (C=S) groups is 1. The highest BCUT2D eigenvalue weighted by atomic mass is 32.2. The van der Waals surface area contributed by atoms with Crippen molar-refractivity contribution in [1.82, 2.24) is 0 Å². The van der Waals surface area contributed by atoms with Crippen LogP contribution in [0.2, 0.25) is 0 Å². The first kappa shape index (κ1) is 18.3. The van der Waals surface area contributed by atoms with Crippen molar-refractivity contribution >= 4 is 51.7 Å². The SMILES string of the molecule is CCc1ccc(/C=C2\SC(=S)N(c3ccc([N+](=O)[O-])cc3C)C2=O)cc1. The number of hydrogen-bond donors (Lipinski definition) is 0. The lowest BCUT2D eigenvalue weighted by Gasteiger charge is -2.16. The fraction of sp³-hybridized carbons (Fsp3) is 0.158. The second-order valence-electron chi connectivity index (χ2n) is 5.84. The van der Waals surface area contributed by atoms with Crippen molar-refractivity contribution < 1.29 is 9.72 Å². The molecule has 2 aromatic carbocycles. The minimum Gasteiger partial charge on any atom is -0.268 e. The number of hydrogen-bond acceptors (Lipinski definition) is 5. The first-order valence-corrected chi connectivity index (χ1v) is 9.25. The number of thioether (sulfide) groups is 1. The lowest BCUT2D eigenvalue weighted by atomic mass is 10.1. The van der Waals surface area contributed by atoms with Gasteiger partial charge in [-0.1, -0.05) is 55.2 Å². The number of non-ortho nitro benzene ring substituents is 1. The molecule has 0 atom stereocenters. The summed E-state index contributed by atoms with van der Waals surface area (Å²) in [4.78, 5) is 25.2. The molecule has 0 N–H and O–H groups in total. The molecule has 0 aromatic heterocycles. The molecule has 1 amide bonds. The molecule has 1 heterocycles. The summed E-state index contributed by atoms with van der Waals surface area (Å²) >= 11 is 6.61. The van der Waals surface area contributed by atoms with Gasteiger partial charge in [0.1, 0.15) is 0 Å². The third-order valence-corrected chi connectivity index (χ3v) is 5.41. The van der Waals surface area contributed by atoms with E-state index >= 15 is 0 Å². The molecular weight excluding hydrogens is 368 g/mol. The van der Waals surface area contributed by atoms with Crippen LogP contribution in [0.5, 0.6) is 0 Å². The Morgan fingerprint density at radius 1 is 1.23 bits per heavy atom. The quantitative estimate of drug-likeness (QED) is 0.326. The molecule has 5 nitrogen and oxygen atoms in total. The summed E-state index contributed by atoms with van der Waals surface area (Å²) in [5.41, 5.74) is 3.36. The van der Waals surface area contributed by atoms with Crippen LogP contribution in [0.15, 0.2) is 47.4 Å². The van der Waals surface area contributed by atoms with Crippen molar-refractivity contribution in [2.24, 2.45) is 0 Å². The lowest BCUT2D eigenvalue weighted by molar-refractivity contribution is -0.384. The van der Waals surface area contributed by atoms with Crippen LogP contribution in [0, 0.1) is 17.0 Å². The fourth-order valence-corrected chi connectivity index (χ4v) is 3.97. The molecule has 2 aromatic rings. The number of carbonyl (C=O) groups excluding carboxylic acids is 1. The highest BCUT2D eigenvalue weighted by Gasteiger charge is 2.34. The fourth-order valence-electron chi connectivity index (χ4n) is 2.68. The van der Waals surface area contributed by atoms with Crippen LogP contribution in [0.1, 0.15) is 23.6 Å². The Bertz CT molecular complexity index is 936. The maximum atomic E-state index is 12.8. The number of amides is 1. The smallest absolute Gasteiger partial charge is 0.268 e. The summed E-state index contributed by atoms with van der Waals surface area (Å²) in [5, 5.41) is 10.9. The summed E-state index contributed by atoms with van der Waals surface area (Å²) in [6.07, 6.45) is 2.78. The van der Waals surface area contributed by atoms with Gasteiger partial charge in [0.05, 0.1) is 15.5 Å². The second-order valence-corrected chi connectivity index (χ2v) is 7.52. The third kappa shape index (κ3) is 3.54. The van der Waals surface area contributed by atoms with Crippen molar-refractivity contribution in [1.29, 1.82) is 0 Å². The van der Waals surface area contributed by atoms with Gasteiger partial charge in [0, 0.05) is 12.1 Å². The van der Waals surface area contributed by atoms with E-state index in [1.54, 1.807) is 13.0 Å². The van der Waals surface area contributed by atoms with Crippen molar-refractivity contribution in [2.45, 2.75) is 20.3 Å². The number of benzene rings is 2. The number of carbonyl (C=O) groups is 1. The Morgan fingerprint density at radius 3 is 2.50 bits per heavy atom. The molecule has 1 fully saturated rings. The topological polar surface area (TPSA) is 63.4 Å². The number of aryl methyl sites for hydroxylation is 2. The molecule has 0 aliphatic carbocycles. The Hall–Kier alpha value is -2.51. The average molecular weight is 384 g/mol. The maximum Gasteiger partial charge on any atom is 0.270 e. The zero-order valence-electron chi connectivity index (χ0n) is 14.3. The van der Waals surface area contributed by atoms with Crippen molar-refractivity contribution in [3.8, 4) is 0 Å². The zero-order chi connectivity index (χ0) is 18.8. The van der Waals surface area contributed by atoms with Gasteiger partial charge in [-0.25, -0.2) is 0 Å². The summed E-state index contributed by atoms with van der Waals surface area (Å²) in [6.45, 7) is 3.82. The Kier molecular flexibility index (Phi) is 5.20. The van der Waals surface area contributed by atoms with Gasteiger partial charge in [-0.15, -0.1) is 0 Å². The monoisotopic (exact) mass is 384 g/mol. The van der Waals surface area contributed by atoms with Crippen LogP contribution in [0.25, 0.3) is 6.08 Å². The average Bonchev–Trinajstić information content (AvgIpc) is 2.89. The predicted molar refractivity (Wildman–Crippen MR) is 109 cm³/mol. The Labute approximate surface area is 160 Å². The van der Waals surface area contributed by atoms with E-state index in [0.29, 0.717) is 20.5 Å². The lowest BCUT2D eigenvalue weighted by Crippen LogP contribution is -2.28. The maximum absolute atomic E-state index is 12.8. The van der Waals surface area contributed by atoms with Gasteiger partial charge in [-0.2, -0.15) is 0 Å². The van der Waals surface area contributed by atoms with Gasteiger partial charge < -0.3 is 0 Å². The molecule has 1 aliphatic heterocycles. The van der Waals surface area contributed by atoms with E-state index in [-0.39, 0.29) is 11.6 Å². The van der Waals surface area contributed by atoms with Crippen LogP contribution >= 0.6 is 24.0 Å². The van der Waals surface area contributed by atoms with Crippen LogP contribution in [0.3, 0.4) is 0 Å². The van der Waals surface area contributed by atoms with E-state index in [1.165, 1.54) is 34.4 Å². The van der Waals surface area contributed by atoms with Gasteiger partial charge in [-0.05, 0) is 42.2 Å². The van der Waals surface area contributed by atoms with Gasteiger partial charge >= 0.3 is 0 Å². The summed E-state index contributed by atoms with van der Waals surface area (Å²) in [5.74, 6) is -0.212. The summed E-state index contributed by atoms with van der Waals surface area (Å²) in [6, 6.07) is 12.4. The number of nitrogens with zero attached hydrogens (tertiary/aromatic N) is 2. The minimum atomic E-state index is -0.457. The Balaban J connectivity index is 1.91. The van der Waals surface area contributed by atoms with E-state index < -0.39 is 4.92 Å². The normalized spacial score (nSPS) is 15.8. The summed E-state index contributed by atoms with van der Waals surface area (Å²) in [7, 11) is 0. The molecule has 0 unspecified atom stereocenters. The minimum absolute atomic E-state index is 0.0109. The van der Waals surface area contributed by atoms with E-state index in [4.69, 9.17) is 12.2 Å². The molecule has 1 aliphatic rings. The molecule has 132 valence electrons. The zero-order valence-corrected chi connectivity index (χ0v) is 15.9. The molecule has 3 rings (SSSR count). The molecule has 1 saturated heterocycles. The number of anilines is 1. The number of rotatable bonds is 4. The molecule has 0 spiro atoms. The van der Waals surface area contributed by atoms with Gasteiger partial charge in [0.25, 0.3) is 11.6 Å². The van der Waals surface area contributed by atoms with Crippen LogP contribution in [-0.2, 0) is 11.2 Å². The van der Waals surface area contributed by atoms with Crippen molar-refractivity contribution in [3.05, 3.63) is 74.2 Å². The van der Waals surface area contributed by atoms with Gasteiger partial charge in [0.15, 0.2) is 4.32 Å². The van der Waals surface area contributed by atoms with Crippen LogP contribution < -0.4 is 4.90 Å². The van der Waals surface area contributed by atoms with Crippen molar-refractivity contribution in [3.63, 3.8) is 0 Å². The molecule has 0 saturated carbocycles. The molecule has 0 bridgehead atoms. The molecule has 7 heteroatoms. The van der Waals surface area contributed by atoms with Crippen LogP contribution in [-0.4, -0.2) is 15.2 Å². The first-order chi connectivity index (χ1) is 12.4. The summed E-state index contributed by atoms with van der Waals surface area (Å²) < 4.78 is 0.420. The van der Waals surface area contributed by atoms with E-state index in [2.05, 4.69) is 6.92 Å². The van der Waals surface area contributed by atoms with Crippen molar-refractivity contribution in [2.75, 3.05) is 4.90 Å². The number of nitro groups is 1. The van der Waals surface area contributed by atoms with E-state index in [9.17, 15) is 14.9 Å². The standard InChI is InChI=1S/C19H16N2O3S2/c1-3-13-4-6-14(7-5-13)11-17-18(22)20(19(25)26-17)16-9-8-15(21(23)24)10-12(16)2/h4-11H,3H2,1-2H3/b17-11-. The molecular formula is C19H16N2O3S2. The Morgan fingerprint density at radius 2 is 1.92 bits per heavy atom. The van der Waals surface area contributed by atoms with Gasteiger partial charge in [-0.3, -0.25) is 19.8 Å². The van der Waals surface area contributed by atoms with E-state index in [1.807, 2.05) is 30.3 Å². The predicted octanol–water partition coefficient (Wildman–Crippen LogP) is 4.87.